The lowest BCUT2D eigenvalue weighted by Crippen LogP contribution is -2.35. The van der Waals surface area contributed by atoms with Gasteiger partial charge in [0.05, 0.1) is 8.66 Å². The zero-order valence-electron chi connectivity index (χ0n) is 9.79. The predicted molar refractivity (Wildman–Crippen MR) is 86.8 cm³/mol. The van der Waals surface area contributed by atoms with E-state index in [0.29, 0.717) is 6.04 Å². The van der Waals surface area contributed by atoms with Crippen LogP contribution in [-0.2, 0) is 0 Å². The minimum absolute atomic E-state index is 0.184. The van der Waals surface area contributed by atoms with Gasteiger partial charge >= 0.3 is 0 Å². The van der Waals surface area contributed by atoms with Gasteiger partial charge in [-0.3, -0.25) is 4.79 Å². The number of carbonyl (C=O) groups excluding carboxylic acids is 1. The lowest BCUT2D eigenvalue weighted by Gasteiger charge is -2.24. The van der Waals surface area contributed by atoms with Crippen molar-refractivity contribution in [3.05, 3.63) is 19.2 Å². The second-order valence-electron chi connectivity index (χ2n) is 4.36. The van der Waals surface area contributed by atoms with Gasteiger partial charge in [0.1, 0.15) is 0 Å². The molecule has 0 spiro atoms. The van der Waals surface area contributed by atoms with E-state index < -0.39 is 0 Å². The highest BCUT2D eigenvalue weighted by Crippen LogP contribution is 2.34. The molecule has 1 aliphatic heterocycles. The second-order valence-corrected chi connectivity index (χ2v) is 8.38. The molecule has 1 saturated heterocycles. The molecule has 1 atom stereocenters. The van der Waals surface area contributed by atoms with Gasteiger partial charge in [0.15, 0.2) is 0 Å². The summed E-state index contributed by atoms with van der Waals surface area (Å²) in [6.07, 6.45) is 4.51. The summed E-state index contributed by atoms with van der Waals surface area (Å²) in [4.78, 5) is 15.3. The third-order valence-electron chi connectivity index (χ3n) is 3.16. The number of alkyl halides is 1. The molecule has 0 bridgehead atoms. The maximum absolute atomic E-state index is 12.5. The minimum atomic E-state index is 0.184. The van der Waals surface area contributed by atoms with Crippen LogP contribution in [0.25, 0.3) is 0 Å². The molecule has 1 unspecified atom stereocenters. The van der Waals surface area contributed by atoms with E-state index in [1.54, 1.807) is 0 Å². The molecule has 2 nitrogen and oxygen atoms in total. The first kappa shape index (κ1) is 15.0. The van der Waals surface area contributed by atoms with Gasteiger partial charge in [0.25, 0.3) is 5.91 Å². The van der Waals surface area contributed by atoms with Crippen LogP contribution in [0.2, 0.25) is 0 Å². The van der Waals surface area contributed by atoms with Crippen LogP contribution in [0.3, 0.4) is 0 Å². The number of hydrogen-bond acceptors (Lipinski definition) is 2. The molecule has 100 valence electrons. The highest BCUT2D eigenvalue weighted by Gasteiger charge is 2.29. The molecule has 0 aromatic carbocycles. The molecule has 1 amide bonds. The summed E-state index contributed by atoms with van der Waals surface area (Å²) in [6, 6.07) is 2.34. The summed E-state index contributed by atoms with van der Waals surface area (Å²) in [5, 5.41) is 1.02. The molecule has 0 N–H and O–H groups in total. The number of thiophene rings is 1. The van der Waals surface area contributed by atoms with Gasteiger partial charge in [-0.15, -0.1) is 11.3 Å². The van der Waals surface area contributed by atoms with Crippen LogP contribution >= 0.6 is 59.1 Å². The summed E-state index contributed by atoms with van der Waals surface area (Å²) in [5.41, 5.74) is 0. The largest absolute Gasteiger partial charge is 0.335 e. The van der Waals surface area contributed by atoms with Crippen molar-refractivity contribution in [3.8, 4) is 0 Å². The summed E-state index contributed by atoms with van der Waals surface area (Å²) in [7, 11) is 0. The van der Waals surface area contributed by atoms with E-state index in [1.165, 1.54) is 11.3 Å². The number of nitrogens with zero attached hydrogens (tertiary/aromatic N) is 1. The van der Waals surface area contributed by atoms with E-state index in [2.05, 4.69) is 47.8 Å². The van der Waals surface area contributed by atoms with Crippen molar-refractivity contribution < 1.29 is 4.79 Å². The molecule has 0 aliphatic carbocycles. The summed E-state index contributed by atoms with van der Waals surface area (Å²) >= 11 is 11.8. The zero-order valence-corrected chi connectivity index (χ0v) is 15.4. The lowest BCUT2D eigenvalue weighted by molar-refractivity contribution is 0.0735. The van der Waals surface area contributed by atoms with E-state index in [-0.39, 0.29) is 5.91 Å². The van der Waals surface area contributed by atoms with Crippen molar-refractivity contribution in [1.29, 1.82) is 0 Å². The standard InChI is InChI=1S/C12H14Br3NOS/c13-5-1-3-8-4-2-6-16(8)12(17)10-7-9(14)11(15)18-10/h7-8H,1-6H2. The van der Waals surface area contributed by atoms with E-state index >= 15 is 0 Å². The fourth-order valence-corrected chi connectivity index (χ4v) is 4.62. The fraction of sp³-hybridized carbons (Fsp3) is 0.583. The Balaban J connectivity index is 2.07. The molecule has 1 aromatic rings. The molecule has 18 heavy (non-hydrogen) atoms. The van der Waals surface area contributed by atoms with Gasteiger partial charge in [0.2, 0.25) is 0 Å². The molecule has 2 rings (SSSR count). The molecular weight excluding hydrogens is 446 g/mol. The number of amides is 1. The first-order chi connectivity index (χ1) is 8.63. The van der Waals surface area contributed by atoms with Crippen LogP contribution in [0.1, 0.15) is 35.4 Å². The molecule has 1 fully saturated rings. The van der Waals surface area contributed by atoms with Gasteiger partial charge in [-0.1, -0.05) is 15.9 Å². The van der Waals surface area contributed by atoms with Crippen LogP contribution in [0, 0.1) is 0 Å². The van der Waals surface area contributed by atoms with Gasteiger partial charge in [0, 0.05) is 22.4 Å². The van der Waals surface area contributed by atoms with Gasteiger partial charge in [-0.25, -0.2) is 0 Å². The molecule has 1 aliphatic rings. The number of rotatable bonds is 4. The number of likely N-dealkylation sites (tertiary alicyclic amines) is 1. The van der Waals surface area contributed by atoms with Crippen molar-refractivity contribution >= 4 is 65.0 Å². The second kappa shape index (κ2) is 6.86. The third kappa shape index (κ3) is 3.38. The van der Waals surface area contributed by atoms with Crippen LogP contribution < -0.4 is 0 Å². The smallest absolute Gasteiger partial charge is 0.264 e. The van der Waals surface area contributed by atoms with Gasteiger partial charge < -0.3 is 4.90 Å². The van der Waals surface area contributed by atoms with Crippen molar-refractivity contribution in [2.24, 2.45) is 0 Å². The molecular formula is C12H14Br3NOS. The molecule has 1 aromatic heterocycles. The molecule has 6 heteroatoms. The van der Waals surface area contributed by atoms with Crippen LogP contribution in [0.5, 0.6) is 0 Å². The molecule has 0 saturated carbocycles. The Labute approximate surface area is 137 Å². The summed E-state index contributed by atoms with van der Waals surface area (Å²) in [5.74, 6) is 0.184. The Morgan fingerprint density at radius 2 is 2.28 bits per heavy atom. The van der Waals surface area contributed by atoms with Crippen LogP contribution in [-0.4, -0.2) is 28.7 Å². The van der Waals surface area contributed by atoms with E-state index in [4.69, 9.17) is 0 Å². The predicted octanol–water partition coefficient (Wildman–Crippen LogP) is 5.05. The first-order valence-electron chi connectivity index (χ1n) is 5.95. The minimum Gasteiger partial charge on any atom is -0.335 e. The topological polar surface area (TPSA) is 20.3 Å². The Morgan fingerprint density at radius 3 is 2.89 bits per heavy atom. The monoisotopic (exact) mass is 457 g/mol. The van der Waals surface area contributed by atoms with Crippen molar-refractivity contribution in [2.45, 2.75) is 31.7 Å². The van der Waals surface area contributed by atoms with Gasteiger partial charge in [-0.05, 0) is 63.6 Å². The van der Waals surface area contributed by atoms with E-state index in [1.807, 2.05) is 11.0 Å². The van der Waals surface area contributed by atoms with Gasteiger partial charge in [-0.2, -0.15) is 0 Å². The fourth-order valence-electron chi connectivity index (χ4n) is 2.31. The average molecular weight is 460 g/mol. The normalized spacial score (nSPS) is 19.5. The lowest BCUT2D eigenvalue weighted by atomic mass is 10.1. The SMILES string of the molecule is O=C(c1cc(Br)c(Br)s1)N1CCCC1CCCBr. The number of carbonyl (C=O) groups is 1. The number of halogens is 3. The summed E-state index contributed by atoms with van der Waals surface area (Å²) in [6.45, 7) is 0.902. The summed E-state index contributed by atoms with van der Waals surface area (Å²) < 4.78 is 1.95. The first-order valence-corrected chi connectivity index (χ1v) is 9.47. The Hall–Kier alpha value is 0.610. The van der Waals surface area contributed by atoms with Crippen molar-refractivity contribution in [1.82, 2.24) is 4.90 Å². The molecule has 0 radical (unpaired) electrons. The van der Waals surface area contributed by atoms with E-state index in [0.717, 1.165) is 50.7 Å². The molecule has 2 heterocycles. The van der Waals surface area contributed by atoms with E-state index in [9.17, 15) is 4.79 Å². The average Bonchev–Trinajstić information content (AvgIpc) is 2.94. The number of hydrogen-bond donors (Lipinski definition) is 0. The van der Waals surface area contributed by atoms with Crippen LogP contribution in [0.15, 0.2) is 14.3 Å². The third-order valence-corrected chi connectivity index (χ3v) is 6.97. The highest BCUT2D eigenvalue weighted by atomic mass is 79.9. The Bertz CT molecular complexity index is 415. The quantitative estimate of drug-likeness (QED) is 0.577. The Morgan fingerprint density at radius 1 is 1.50 bits per heavy atom. The van der Waals surface area contributed by atoms with Crippen molar-refractivity contribution in [3.63, 3.8) is 0 Å². The Kier molecular flexibility index (Phi) is 5.72. The van der Waals surface area contributed by atoms with Crippen molar-refractivity contribution in [2.75, 3.05) is 11.9 Å². The highest BCUT2D eigenvalue weighted by molar-refractivity contribution is 9.13. The maximum Gasteiger partial charge on any atom is 0.264 e. The zero-order chi connectivity index (χ0) is 13.1. The van der Waals surface area contributed by atoms with Crippen LogP contribution in [0.4, 0.5) is 0 Å². The maximum atomic E-state index is 12.5.